The van der Waals surface area contributed by atoms with Crippen molar-refractivity contribution in [3.63, 3.8) is 0 Å². The average Bonchev–Trinajstić information content (AvgIpc) is 2.48. The third kappa shape index (κ3) is 1.80. The van der Waals surface area contributed by atoms with Gasteiger partial charge in [-0.2, -0.15) is 0 Å². The molecule has 5 nitrogen and oxygen atoms in total. The molecule has 13 heavy (non-hydrogen) atoms. The molecule has 3 N–H and O–H groups in total. The van der Waals surface area contributed by atoms with E-state index < -0.39 is 11.5 Å². The lowest BCUT2D eigenvalue weighted by Gasteiger charge is -2.17. The summed E-state index contributed by atoms with van der Waals surface area (Å²) in [5.74, 6) is -1.77. The average molecular weight is 187 g/mol. The fourth-order valence-corrected chi connectivity index (χ4v) is 1.64. The van der Waals surface area contributed by atoms with Crippen LogP contribution in [0.5, 0.6) is 0 Å². The maximum absolute atomic E-state index is 11.1. The number of methoxy groups -OCH3 is 1. The summed E-state index contributed by atoms with van der Waals surface area (Å²) in [5.41, 5.74) is 4.34. The zero-order valence-corrected chi connectivity index (χ0v) is 7.45. The van der Waals surface area contributed by atoms with Crippen molar-refractivity contribution in [2.75, 3.05) is 7.11 Å². The number of rotatable bonds is 2. The lowest BCUT2D eigenvalue weighted by atomic mass is 9.98. The number of nitrogens with two attached hydrogens (primary N) is 1. The summed E-state index contributed by atoms with van der Waals surface area (Å²) in [6.07, 6.45) is 1.01. The van der Waals surface area contributed by atoms with Crippen LogP contribution < -0.4 is 5.73 Å². The number of carboxylic acid groups (broad SMARTS) is 1. The van der Waals surface area contributed by atoms with Crippen molar-refractivity contribution in [1.29, 1.82) is 0 Å². The first-order chi connectivity index (χ1) is 5.99. The van der Waals surface area contributed by atoms with E-state index in [1.165, 1.54) is 7.11 Å². The van der Waals surface area contributed by atoms with Gasteiger partial charge in [-0.05, 0) is 19.3 Å². The number of esters is 1. The van der Waals surface area contributed by atoms with Crippen LogP contribution in [0.1, 0.15) is 19.3 Å². The highest BCUT2D eigenvalue weighted by atomic mass is 16.5. The molecule has 2 atom stereocenters. The molecule has 1 aliphatic rings. The number of carbonyl (C=O) groups is 2. The van der Waals surface area contributed by atoms with Gasteiger partial charge in [0.15, 0.2) is 0 Å². The zero-order valence-electron chi connectivity index (χ0n) is 7.45. The topological polar surface area (TPSA) is 89.6 Å². The standard InChI is InChI=1S/C8H13NO4/c1-13-6(10)5-2-3-8(9,4-5)7(11)12/h5H,2-4,9H2,1H3,(H,11,12). The lowest BCUT2D eigenvalue weighted by molar-refractivity contribution is -0.146. The second-order valence-corrected chi connectivity index (χ2v) is 3.42. The van der Waals surface area contributed by atoms with E-state index in [4.69, 9.17) is 10.8 Å². The van der Waals surface area contributed by atoms with Crippen LogP contribution in [-0.4, -0.2) is 29.7 Å². The second-order valence-electron chi connectivity index (χ2n) is 3.42. The number of hydrogen-bond acceptors (Lipinski definition) is 4. The van der Waals surface area contributed by atoms with Gasteiger partial charge in [0.1, 0.15) is 5.54 Å². The fraction of sp³-hybridized carbons (Fsp3) is 0.750. The number of aliphatic carboxylic acids is 1. The lowest BCUT2D eigenvalue weighted by Crippen LogP contribution is -2.45. The van der Waals surface area contributed by atoms with Crippen LogP contribution in [0.25, 0.3) is 0 Å². The van der Waals surface area contributed by atoms with E-state index in [9.17, 15) is 9.59 Å². The van der Waals surface area contributed by atoms with Crippen molar-refractivity contribution < 1.29 is 19.4 Å². The Labute approximate surface area is 75.9 Å². The summed E-state index contributed by atoms with van der Waals surface area (Å²) in [7, 11) is 1.29. The number of carbonyl (C=O) groups excluding carboxylic acids is 1. The molecule has 0 saturated heterocycles. The van der Waals surface area contributed by atoms with Gasteiger partial charge in [-0.3, -0.25) is 9.59 Å². The molecule has 0 aromatic rings. The molecule has 1 rings (SSSR count). The Morgan fingerprint density at radius 2 is 2.23 bits per heavy atom. The van der Waals surface area contributed by atoms with Gasteiger partial charge >= 0.3 is 11.9 Å². The van der Waals surface area contributed by atoms with Crippen LogP contribution in [0.4, 0.5) is 0 Å². The van der Waals surface area contributed by atoms with Gasteiger partial charge in [0.2, 0.25) is 0 Å². The zero-order chi connectivity index (χ0) is 10.1. The van der Waals surface area contributed by atoms with Gasteiger partial charge in [-0.1, -0.05) is 0 Å². The highest BCUT2D eigenvalue weighted by Crippen LogP contribution is 2.33. The Bertz CT molecular complexity index is 240. The van der Waals surface area contributed by atoms with Crippen molar-refractivity contribution in [2.24, 2.45) is 11.7 Å². The molecule has 1 fully saturated rings. The van der Waals surface area contributed by atoms with Gasteiger partial charge in [0.25, 0.3) is 0 Å². The normalized spacial score (nSPS) is 32.9. The van der Waals surface area contributed by atoms with Gasteiger partial charge in [-0.25, -0.2) is 0 Å². The summed E-state index contributed by atoms with van der Waals surface area (Å²) in [5, 5.41) is 8.77. The SMILES string of the molecule is COC(=O)C1CCC(N)(C(=O)O)C1. The first kappa shape index (κ1) is 9.98. The van der Waals surface area contributed by atoms with Crippen LogP contribution in [0.3, 0.4) is 0 Å². The van der Waals surface area contributed by atoms with Crippen molar-refractivity contribution in [1.82, 2.24) is 0 Å². The number of ether oxygens (including phenoxy) is 1. The van der Waals surface area contributed by atoms with Crippen molar-refractivity contribution in [2.45, 2.75) is 24.8 Å². The quantitative estimate of drug-likeness (QED) is 0.581. The van der Waals surface area contributed by atoms with E-state index in [-0.39, 0.29) is 18.3 Å². The Hall–Kier alpha value is -1.10. The van der Waals surface area contributed by atoms with E-state index in [2.05, 4.69) is 4.74 Å². The smallest absolute Gasteiger partial charge is 0.323 e. The van der Waals surface area contributed by atoms with E-state index in [0.29, 0.717) is 12.8 Å². The summed E-state index contributed by atoms with van der Waals surface area (Å²) in [6.45, 7) is 0. The van der Waals surface area contributed by atoms with Crippen LogP contribution in [-0.2, 0) is 14.3 Å². The first-order valence-electron chi connectivity index (χ1n) is 4.10. The predicted octanol–water partition coefficient (Wildman–Crippen LogP) is -0.258. The molecule has 1 saturated carbocycles. The van der Waals surface area contributed by atoms with E-state index in [0.717, 1.165) is 0 Å². The van der Waals surface area contributed by atoms with E-state index >= 15 is 0 Å². The molecule has 0 spiro atoms. The molecule has 74 valence electrons. The van der Waals surface area contributed by atoms with E-state index in [1.807, 2.05) is 0 Å². The van der Waals surface area contributed by atoms with Crippen LogP contribution in [0.2, 0.25) is 0 Å². The Morgan fingerprint density at radius 3 is 2.62 bits per heavy atom. The molecule has 0 amide bonds. The maximum Gasteiger partial charge on any atom is 0.323 e. The molecule has 0 aliphatic heterocycles. The monoisotopic (exact) mass is 187 g/mol. The number of carboxylic acids is 1. The molecule has 1 aliphatic carbocycles. The third-order valence-electron chi connectivity index (χ3n) is 2.51. The summed E-state index contributed by atoms with van der Waals surface area (Å²) in [4.78, 5) is 21.8. The molecule has 5 heteroatoms. The molecule has 0 heterocycles. The Kier molecular flexibility index (Phi) is 2.56. The van der Waals surface area contributed by atoms with E-state index in [1.54, 1.807) is 0 Å². The molecular formula is C8H13NO4. The highest BCUT2D eigenvalue weighted by Gasteiger charge is 2.44. The first-order valence-corrected chi connectivity index (χ1v) is 4.10. The minimum absolute atomic E-state index is 0.176. The van der Waals surface area contributed by atoms with Gasteiger partial charge in [-0.15, -0.1) is 0 Å². The van der Waals surface area contributed by atoms with Crippen LogP contribution in [0, 0.1) is 5.92 Å². The maximum atomic E-state index is 11.1. The largest absolute Gasteiger partial charge is 0.480 e. The molecule has 2 unspecified atom stereocenters. The predicted molar refractivity (Wildman–Crippen MR) is 43.9 cm³/mol. The molecule has 0 aromatic heterocycles. The second kappa shape index (κ2) is 3.33. The molecule has 0 radical (unpaired) electrons. The van der Waals surface area contributed by atoms with Crippen LogP contribution in [0.15, 0.2) is 0 Å². The van der Waals surface area contributed by atoms with Gasteiger partial charge in [0, 0.05) is 0 Å². The third-order valence-corrected chi connectivity index (χ3v) is 2.51. The fourth-order valence-electron chi connectivity index (χ4n) is 1.64. The van der Waals surface area contributed by atoms with Crippen molar-refractivity contribution in [3.8, 4) is 0 Å². The summed E-state index contributed by atoms with van der Waals surface area (Å²) >= 11 is 0. The van der Waals surface area contributed by atoms with Crippen molar-refractivity contribution in [3.05, 3.63) is 0 Å². The minimum Gasteiger partial charge on any atom is -0.480 e. The van der Waals surface area contributed by atoms with Crippen LogP contribution >= 0.6 is 0 Å². The summed E-state index contributed by atoms with van der Waals surface area (Å²) < 4.78 is 4.52. The van der Waals surface area contributed by atoms with Gasteiger partial charge in [0.05, 0.1) is 13.0 Å². The minimum atomic E-state index is -1.24. The van der Waals surface area contributed by atoms with Crippen molar-refractivity contribution >= 4 is 11.9 Å². The number of hydrogen-bond donors (Lipinski definition) is 2. The summed E-state index contributed by atoms with van der Waals surface area (Å²) in [6, 6.07) is 0. The Morgan fingerprint density at radius 1 is 1.62 bits per heavy atom. The van der Waals surface area contributed by atoms with Gasteiger partial charge < -0.3 is 15.6 Å². The molecular weight excluding hydrogens is 174 g/mol. The molecule has 0 aromatic carbocycles. The Balaban J connectivity index is 2.63. The highest BCUT2D eigenvalue weighted by molar-refractivity contribution is 5.82. The molecule has 0 bridgehead atoms.